The van der Waals surface area contributed by atoms with E-state index < -0.39 is 0 Å². The molecule has 0 N–H and O–H groups in total. The minimum absolute atomic E-state index is 0.681. The van der Waals surface area contributed by atoms with Gasteiger partial charge in [-0.1, -0.05) is 158 Å². The monoisotopic (exact) mass is 664 g/mol. The lowest BCUT2D eigenvalue weighted by molar-refractivity contribution is 1.02. The molecule has 0 bridgehead atoms. The zero-order valence-electron chi connectivity index (χ0n) is 28.3. The maximum absolute atomic E-state index is 5.34. The molecule has 0 unspecified atom stereocenters. The van der Waals surface area contributed by atoms with Gasteiger partial charge in [0, 0.05) is 50.2 Å². The van der Waals surface area contributed by atoms with Gasteiger partial charge < -0.3 is 4.57 Å². The summed E-state index contributed by atoms with van der Waals surface area (Å²) in [6.07, 6.45) is 0. The molecule has 52 heavy (non-hydrogen) atoms. The zero-order chi connectivity index (χ0) is 34.4. The maximum atomic E-state index is 5.34. The van der Waals surface area contributed by atoms with Crippen LogP contribution in [-0.4, -0.2) is 19.1 Å². The van der Waals surface area contributed by atoms with E-state index in [1.54, 1.807) is 0 Å². The fourth-order valence-electron chi connectivity index (χ4n) is 7.66. The first kappa shape index (κ1) is 29.8. The topological polar surface area (TPSA) is 35.6 Å². The Bertz CT molecular complexity index is 2780. The number of hydrogen-bond donors (Lipinski definition) is 0. The molecule has 0 fully saturated rings. The average Bonchev–Trinajstić information content (AvgIpc) is 3.75. The fourth-order valence-corrected chi connectivity index (χ4v) is 7.66. The Morgan fingerprint density at radius 2 is 0.846 bits per heavy atom. The minimum atomic E-state index is 0.681. The van der Waals surface area contributed by atoms with Crippen molar-refractivity contribution in [3.63, 3.8) is 0 Å². The maximum Gasteiger partial charge on any atom is 0.162 e. The molecule has 0 saturated carbocycles. The van der Waals surface area contributed by atoms with Gasteiger partial charge in [0.1, 0.15) is 5.82 Å². The van der Waals surface area contributed by atoms with Crippen LogP contribution < -0.4 is 0 Å². The van der Waals surface area contributed by atoms with Gasteiger partial charge in [0.2, 0.25) is 0 Å². The highest BCUT2D eigenvalue weighted by atomic mass is 15.1. The molecule has 3 heterocycles. The molecule has 244 valence electrons. The van der Waals surface area contributed by atoms with E-state index in [0.29, 0.717) is 5.82 Å². The van der Waals surface area contributed by atoms with Crippen LogP contribution in [0.3, 0.4) is 0 Å². The third-order valence-corrected chi connectivity index (χ3v) is 9.94. The number of para-hydroxylation sites is 3. The number of aromatic nitrogens is 4. The third-order valence-electron chi connectivity index (χ3n) is 9.94. The van der Waals surface area contributed by atoms with Crippen LogP contribution in [0.1, 0.15) is 0 Å². The Morgan fingerprint density at radius 1 is 0.346 bits per heavy atom. The van der Waals surface area contributed by atoms with Crippen LogP contribution >= 0.6 is 0 Å². The highest BCUT2D eigenvalue weighted by Crippen LogP contribution is 2.44. The Kier molecular flexibility index (Phi) is 7.10. The van der Waals surface area contributed by atoms with Crippen molar-refractivity contribution in [3.8, 4) is 56.5 Å². The quantitative estimate of drug-likeness (QED) is 0.177. The molecule has 0 aliphatic rings. The molecule has 0 spiro atoms. The van der Waals surface area contributed by atoms with Crippen molar-refractivity contribution in [3.05, 3.63) is 194 Å². The number of nitrogens with zero attached hydrogens (tertiary/aromatic N) is 4. The minimum Gasteiger partial charge on any atom is -0.309 e. The molecular weight excluding hydrogens is 633 g/mol. The van der Waals surface area contributed by atoms with Crippen molar-refractivity contribution in [2.24, 2.45) is 0 Å². The summed E-state index contributed by atoms with van der Waals surface area (Å²) in [6, 6.07) is 68.4. The van der Waals surface area contributed by atoms with Crippen molar-refractivity contribution in [1.82, 2.24) is 19.1 Å². The van der Waals surface area contributed by atoms with Gasteiger partial charge in [0.15, 0.2) is 5.82 Å². The van der Waals surface area contributed by atoms with E-state index in [1.807, 2.05) is 24.3 Å². The Morgan fingerprint density at radius 3 is 1.48 bits per heavy atom. The van der Waals surface area contributed by atoms with Crippen LogP contribution in [-0.2, 0) is 0 Å². The lowest BCUT2D eigenvalue weighted by atomic mass is 9.98. The van der Waals surface area contributed by atoms with Crippen LogP contribution in [0, 0.1) is 0 Å². The standard InChI is InChI=1S/C48H32N4/c1-4-17-33(18-5-1)41-32-45(50-48(49-41)35-21-8-3-9-22-35)52-44-30-15-12-27-40(44)46(34-19-6-2-7-20-34)47(52)36-23-16-24-37(31-36)51-42-28-13-10-25-38(42)39-26-11-14-29-43(39)51/h1-32H. The fraction of sp³-hybridized carbons (Fsp3) is 0. The third kappa shape index (κ3) is 4.92. The molecule has 3 aromatic heterocycles. The van der Waals surface area contributed by atoms with Gasteiger partial charge in [-0.05, 0) is 35.9 Å². The van der Waals surface area contributed by atoms with Gasteiger partial charge >= 0.3 is 0 Å². The van der Waals surface area contributed by atoms with Gasteiger partial charge in [-0.3, -0.25) is 4.57 Å². The Hall–Kier alpha value is -7.04. The smallest absolute Gasteiger partial charge is 0.162 e. The summed E-state index contributed by atoms with van der Waals surface area (Å²) in [5.74, 6) is 1.49. The summed E-state index contributed by atoms with van der Waals surface area (Å²) in [6.45, 7) is 0. The second kappa shape index (κ2) is 12.4. The van der Waals surface area contributed by atoms with E-state index in [-0.39, 0.29) is 0 Å². The van der Waals surface area contributed by atoms with Gasteiger partial charge in [-0.15, -0.1) is 0 Å². The predicted octanol–water partition coefficient (Wildman–Crippen LogP) is 12.2. The van der Waals surface area contributed by atoms with Crippen molar-refractivity contribution < 1.29 is 0 Å². The van der Waals surface area contributed by atoms with E-state index in [1.165, 1.54) is 21.8 Å². The number of rotatable bonds is 6. The summed E-state index contributed by atoms with van der Waals surface area (Å²) >= 11 is 0. The summed E-state index contributed by atoms with van der Waals surface area (Å²) in [7, 11) is 0. The van der Waals surface area contributed by atoms with E-state index in [9.17, 15) is 0 Å². The largest absolute Gasteiger partial charge is 0.309 e. The van der Waals surface area contributed by atoms with Crippen LogP contribution in [0.4, 0.5) is 0 Å². The number of fused-ring (bicyclic) bond motifs is 4. The molecule has 4 heteroatoms. The lowest BCUT2D eigenvalue weighted by Crippen LogP contribution is -2.04. The molecule has 0 aliphatic carbocycles. The summed E-state index contributed by atoms with van der Waals surface area (Å²) in [5.41, 5.74) is 11.9. The highest BCUT2D eigenvalue weighted by Gasteiger charge is 2.24. The van der Waals surface area contributed by atoms with E-state index in [0.717, 1.165) is 61.6 Å². The van der Waals surface area contributed by atoms with Crippen LogP contribution in [0.15, 0.2) is 194 Å². The van der Waals surface area contributed by atoms with Crippen molar-refractivity contribution in [2.75, 3.05) is 0 Å². The lowest BCUT2D eigenvalue weighted by Gasteiger charge is -2.16. The van der Waals surface area contributed by atoms with E-state index in [2.05, 4.69) is 179 Å². The van der Waals surface area contributed by atoms with Crippen LogP contribution in [0.25, 0.3) is 89.2 Å². The molecule has 0 radical (unpaired) electrons. The van der Waals surface area contributed by atoms with Gasteiger partial charge in [-0.25, -0.2) is 9.97 Å². The second-order valence-electron chi connectivity index (χ2n) is 13.0. The summed E-state index contributed by atoms with van der Waals surface area (Å²) < 4.78 is 4.72. The van der Waals surface area contributed by atoms with Gasteiger partial charge in [0.25, 0.3) is 0 Å². The van der Waals surface area contributed by atoms with E-state index >= 15 is 0 Å². The predicted molar refractivity (Wildman–Crippen MR) is 215 cm³/mol. The Labute approximate surface area is 301 Å². The number of benzene rings is 7. The zero-order valence-corrected chi connectivity index (χ0v) is 28.3. The van der Waals surface area contributed by atoms with E-state index in [4.69, 9.17) is 9.97 Å². The van der Waals surface area contributed by atoms with Gasteiger partial charge in [-0.2, -0.15) is 0 Å². The molecule has 10 aromatic rings. The van der Waals surface area contributed by atoms with Crippen molar-refractivity contribution in [1.29, 1.82) is 0 Å². The molecule has 4 nitrogen and oxygen atoms in total. The first-order valence-electron chi connectivity index (χ1n) is 17.6. The second-order valence-corrected chi connectivity index (χ2v) is 13.0. The molecule has 0 aliphatic heterocycles. The molecule has 7 aromatic carbocycles. The summed E-state index contributed by atoms with van der Waals surface area (Å²) in [5, 5.41) is 3.64. The number of hydrogen-bond acceptors (Lipinski definition) is 2. The first-order chi connectivity index (χ1) is 25.8. The molecule has 0 saturated heterocycles. The van der Waals surface area contributed by atoms with Crippen molar-refractivity contribution >= 4 is 32.7 Å². The van der Waals surface area contributed by atoms with Gasteiger partial charge in [0.05, 0.1) is 27.9 Å². The molecule has 10 rings (SSSR count). The van der Waals surface area contributed by atoms with Crippen molar-refractivity contribution in [2.45, 2.75) is 0 Å². The molecule has 0 amide bonds. The normalized spacial score (nSPS) is 11.5. The summed E-state index contributed by atoms with van der Waals surface area (Å²) in [4.78, 5) is 10.5. The first-order valence-corrected chi connectivity index (χ1v) is 17.6. The molecular formula is C48H32N4. The highest BCUT2D eigenvalue weighted by molar-refractivity contribution is 6.10. The Balaban J connectivity index is 1.30. The van der Waals surface area contributed by atoms with Crippen LogP contribution in [0.5, 0.6) is 0 Å². The average molecular weight is 665 g/mol. The van der Waals surface area contributed by atoms with Crippen LogP contribution in [0.2, 0.25) is 0 Å². The SMILES string of the molecule is c1ccc(-c2cc(-n3c(-c4cccc(-n5c6ccccc6c6ccccc65)c4)c(-c4ccccc4)c4ccccc43)nc(-c3ccccc3)n2)cc1. The molecule has 0 atom stereocenters.